The van der Waals surface area contributed by atoms with E-state index in [1.54, 1.807) is 6.20 Å². The Balaban J connectivity index is 1.63. The van der Waals surface area contributed by atoms with E-state index in [9.17, 15) is 18.0 Å². The first kappa shape index (κ1) is 19.0. The molecule has 140 valence electrons. The molecule has 8 heteroatoms. The molecule has 0 radical (unpaired) electrons. The molecule has 1 amide bonds. The predicted octanol–water partition coefficient (Wildman–Crippen LogP) is 4.84. The molecule has 2 aromatic carbocycles. The Morgan fingerprint density at radius 2 is 1.89 bits per heavy atom. The molecule has 0 aliphatic rings. The van der Waals surface area contributed by atoms with Crippen molar-refractivity contribution in [2.75, 3.05) is 11.1 Å². The van der Waals surface area contributed by atoms with Gasteiger partial charge in [-0.1, -0.05) is 48.2 Å². The van der Waals surface area contributed by atoms with Crippen LogP contribution in [0.15, 0.2) is 66.0 Å². The van der Waals surface area contributed by atoms with Crippen molar-refractivity contribution in [1.82, 2.24) is 9.55 Å². The fourth-order valence-electron chi connectivity index (χ4n) is 2.50. The monoisotopic (exact) mass is 391 g/mol. The lowest BCUT2D eigenvalue weighted by Crippen LogP contribution is -2.15. The number of benzene rings is 2. The minimum atomic E-state index is -4.45. The largest absolute Gasteiger partial charge is 0.416 e. The lowest BCUT2D eigenvalue weighted by Gasteiger charge is -2.10. The molecule has 0 aliphatic heterocycles. The topological polar surface area (TPSA) is 46.9 Å². The number of alkyl halides is 3. The molecular formula is C19H16F3N3OS. The number of hydrogen-bond acceptors (Lipinski definition) is 3. The minimum Gasteiger partial charge on any atom is -0.325 e. The van der Waals surface area contributed by atoms with E-state index >= 15 is 0 Å². The normalized spacial score (nSPS) is 11.4. The van der Waals surface area contributed by atoms with Crippen LogP contribution in [0.1, 0.15) is 5.56 Å². The van der Waals surface area contributed by atoms with Gasteiger partial charge in [-0.05, 0) is 23.8 Å². The SMILES string of the molecule is Cn1c(-c2ccccc2)cnc1SCC(=O)Nc1cccc(C(F)(F)F)c1. The zero-order chi connectivity index (χ0) is 19.4. The molecule has 3 aromatic rings. The summed E-state index contributed by atoms with van der Waals surface area (Å²) in [5, 5.41) is 3.13. The average molecular weight is 391 g/mol. The number of amides is 1. The molecule has 27 heavy (non-hydrogen) atoms. The third kappa shape index (κ3) is 4.71. The molecule has 1 aromatic heterocycles. The molecule has 1 N–H and O–H groups in total. The average Bonchev–Trinajstić information content (AvgIpc) is 3.01. The van der Waals surface area contributed by atoms with Crippen LogP contribution in [0.3, 0.4) is 0 Å². The molecule has 4 nitrogen and oxygen atoms in total. The lowest BCUT2D eigenvalue weighted by molar-refractivity contribution is -0.137. The van der Waals surface area contributed by atoms with E-state index in [4.69, 9.17) is 0 Å². The van der Waals surface area contributed by atoms with Crippen LogP contribution >= 0.6 is 11.8 Å². The van der Waals surface area contributed by atoms with Crippen LogP contribution in [-0.2, 0) is 18.0 Å². The van der Waals surface area contributed by atoms with Gasteiger partial charge in [-0.15, -0.1) is 0 Å². The van der Waals surface area contributed by atoms with Crippen molar-refractivity contribution >= 4 is 23.4 Å². The number of rotatable bonds is 5. The maximum Gasteiger partial charge on any atom is 0.416 e. The van der Waals surface area contributed by atoms with Crippen LogP contribution in [0.25, 0.3) is 11.3 Å². The molecular weight excluding hydrogens is 375 g/mol. The van der Waals surface area contributed by atoms with Crippen molar-refractivity contribution < 1.29 is 18.0 Å². The maximum atomic E-state index is 12.7. The van der Waals surface area contributed by atoms with Gasteiger partial charge in [0.05, 0.1) is 23.2 Å². The quantitative estimate of drug-likeness (QED) is 0.634. The van der Waals surface area contributed by atoms with E-state index in [1.165, 1.54) is 23.9 Å². The fourth-order valence-corrected chi connectivity index (χ4v) is 3.26. The molecule has 0 saturated carbocycles. The molecule has 3 rings (SSSR count). The molecule has 1 heterocycles. The molecule has 0 saturated heterocycles. The highest BCUT2D eigenvalue weighted by Crippen LogP contribution is 2.31. The first-order chi connectivity index (χ1) is 12.8. The van der Waals surface area contributed by atoms with Gasteiger partial charge in [-0.25, -0.2) is 4.98 Å². The summed E-state index contributed by atoms with van der Waals surface area (Å²) >= 11 is 1.22. The summed E-state index contributed by atoms with van der Waals surface area (Å²) in [5.74, 6) is -0.362. The summed E-state index contributed by atoms with van der Waals surface area (Å²) in [4.78, 5) is 16.4. The Hall–Kier alpha value is -2.74. The predicted molar refractivity (Wildman–Crippen MR) is 99.4 cm³/mol. The molecule has 0 bridgehead atoms. The third-order valence-electron chi connectivity index (χ3n) is 3.82. The molecule has 0 unspecified atom stereocenters. The van der Waals surface area contributed by atoms with Gasteiger partial charge in [0.15, 0.2) is 5.16 Å². The summed E-state index contributed by atoms with van der Waals surface area (Å²) in [6.07, 6.45) is -2.72. The highest BCUT2D eigenvalue weighted by molar-refractivity contribution is 7.99. The Kier molecular flexibility index (Phi) is 5.55. The van der Waals surface area contributed by atoms with Crippen molar-refractivity contribution in [2.45, 2.75) is 11.3 Å². The molecule has 0 spiro atoms. The zero-order valence-corrected chi connectivity index (χ0v) is 15.1. The van der Waals surface area contributed by atoms with Gasteiger partial charge in [0.1, 0.15) is 0 Å². The molecule has 0 atom stereocenters. The number of aromatic nitrogens is 2. The molecule has 0 aliphatic carbocycles. The number of carbonyl (C=O) groups excluding carboxylic acids is 1. The van der Waals surface area contributed by atoms with Crippen LogP contribution in [0.5, 0.6) is 0 Å². The number of hydrogen-bond donors (Lipinski definition) is 1. The van der Waals surface area contributed by atoms with Gasteiger partial charge in [0.2, 0.25) is 5.91 Å². The zero-order valence-electron chi connectivity index (χ0n) is 14.3. The van der Waals surface area contributed by atoms with Crippen molar-refractivity contribution in [1.29, 1.82) is 0 Å². The second kappa shape index (κ2) is 7.87. The van der Waals surface area contributed by atoms with Gasteiger partial charge < -0.3 is 9.88 Å². The molecule has 0 fully saturated rings. The third-order valence-corrected chi connectivity index (χ3v) is 4.87. The number of halogens is 3. The number of imidazole rings is 1. The van der Waals surface area contributed by atoms with Gasteiger partial charge in [0.25, 0.3) is 0 Å². The van der Waals surface area contributed by atoms with Crippen molar-refractivity contribution in [2.24, 2.45) is 7.05 Å². The first-order valence-corrected chi connectivity index (χ1v) is 9.00. The standard InChI is InChI=1S/C19H16F3N3OS/c1-25-16(13-6-3-2-4-7-13)11-23-18(25)27-12-17(26)24-15-9-5-8-14(10-15)19(20,21)22/h2-11H,12H2,1H3,(H,24,26). The highest BCUT2D eigenvalue weighted by Gasteiger charge is 2.30. The fraction of sp³-hybridized carbons (Fsp3) is 0.158. The van der Waals surface area contributed by atoms with Gasteiger partial charge in [0, 0.05) is 12.7 Å². The Labute approximate surface area is 158 Å². The summed E-state index contributed by atoms with van der Waals surface area (Å²) in [5.41, 5.74) is 1.23. The first-order valence-electron chi connectivity index (χ1n) is 8.01. The van der Waals surface area contributed by atoms with E-state index in [1.807, 2.05) is 41.9 Å². The highest BCUT2D eigenvalue weighted by atomic mass is 32.2. The van der Waals surface area contributed by atoms with Crippen LogP contribution in [0, 0.1) is 0 Å². The van der Waals surface area contributed by atoms with Crippen molar-refractivity contribution in [3.05, 3.63) is 66.4 Å². The Morgan fingerprint density at radius 3 is 2.59 bits per heavy atom. The number of thioether (sulfide) groups is 1. The van der Waals surface area contributed by atoms with E-state index in [-0.39, 0.29) is 11.4 Å². The van der Waals surface area contributed by atoms with Crippen molar-refractivity contribution in [3.63, 3.8) is 0 Å². The van der Waals surface area contributed by atoms with E-state index < -0.39 is 17.6 Å². The van der Waals surface area contributed by atoms with Crippen LogP contribution < -0.4 is 5.32 Å². The van der Waals surface area contributed by atoms with E-state index in [0.29, 0.717) is 5.16 Å². The van der Waals surface area contributed by atoms with Crippen molar-refractivity contribution in [3.8, 4) is 11.3 Å². The number of nitrogens with zero attached hydrogens (tertiary/aromatic N) is 2. The van der Waals surface area contributed by atoms with E-state index in [0.717, 1.165) is 23.4 Å². The summed E-state index contributed by atoms with van der Waals surface area (Å²) < 4.78 is 40.1. The number of anilines is 1. The minimum absolute atomic E-state index is 0.0370. The maximum absolute atomic E-state index is 12.7. The summed E-state index contributed by atoms with van der Waals surface area (Å²) in [6, 6.07) is 14.3. The lowest BCUT2D eigenvalue weighted by atomic mass is 10.2. The number of carbonyl (C=O) groups is 1. The summed E-state index contributed by atoms with van der Waals surface area (Å²) in [6.45, 7) is 0. The summed E-state index contributed by atoms with van der Waals surface area (Å²) in [7, 11) is 1.85. The van der Waals surface area contributed by atoms with Crippen LogP contribution in [-0.4, -0.2) is 21.2 Å². The van der Waals surface area contributed by atoms with Gasteiger partial charge >= 0.3 is 6.18 Å². The van der Waals surface area contributed by atoms with Gasteiger partial charge in [-0.3, -0.25) is 4.79 Å². The number of nitrogens with one attached hydrogen (secondary N) is 1. The van der Waals surface area contributed by atoms with Crippen LogP contribution in [0.2, 0.25) is 0 Å². The second-order valence-corrected chi connectivity index (χ2v) is 6.71. The smallest absolute Gasteiger partial charge is 0.325 e. The Morgan fingerprint density at radius 1 is 1.15 bits per heavy atom. The second-order valence-electron chi connectivity index (χ2n) is 5.77. The van der Waals surface area contributed by atoms with E-state index in [2.05, 4.69) is 10.3 Å². The van der Waals surface area contributed by atoms with Crippen LogP contribution in [0.4, 0.5) is 18.9 Å². The van der Waals surface area contributed by atoms with Gasteiger partial charge in [-0.2, -0.15) is 13.2 Å². The Bertz CT molecular complexity index is 939.